The maximum atomic E-state index is 12.7. The number of rotatable bonds is 5. The summed E-state index contributed by atoms with van der Waals surface area (Å²) >= 11 is 0. The third-order valence-electron chi connectivity index (χ3n) is 5.27. The molecule has 140 valence electrons. The van der Waals surface area contributed by atoms with Crippen molar-refractivity contribution in [3.8, 4) is 0 Å². The lowest BCUT2D eigenvalue weighted by Gasteiger charge is -2.40. The van der Waals surface area contributed by atoms with Gasteiger partial charge < -0.3 is 10.2 Å². The fraction of sp³-hybridized carbons (Fsp3) is 0.409. The van der Waals surface area contributed by atoms with E-state index in [4.69, 9.17) is 0 Å². The second-order valence-corrected chi connectivity index (χ2v) is 7.21. The fourth-order valence-electron chi connectivity index (χ4n) is 4.14. The molecule has 3 atom stereocenters. The molecule has 1 amide bonds. The SMILES string of the molecule is CN(C)C(c1ccccc1)C1CCCCC1NC(=O)c1ccccc1.Cl. The monoisotopic (exact) mass is 372 g/mol. The summed E-state index contributed by atoms with van der Waals surface area (Å²) in [5.74, 6) is 0.474. The first-order valence-corrected chi connectivity index (χ1v) is 9.24. The van der Waals surface area contributed by atoms with Gasteiger partial charge in [0.1, 0.15) is 0 Å². The molecule has 1 aliphatic rings. The molecule has 2 aromatic carbocycles. The molecule has 1 saturated carbocycles. The number of carbonyl (C=O) groups is 1. The molecule has 4 heteroatoms. The van der Waals surface area contributed by atoms with Crippen LogP contribution < -0.4 is 5.32 Å². The Kier molecular flexibility index (Phi) is 7.67. The highest BCUT2D eigenvalue weighted by Crippen LogP contribution is 2.37. The van der Waals surface area contributed by atoms with Gasteiger partial charge in [0.2, 0.25) is 0 Å². The minimum atomic E-state index is 0. The maximum Gasteiger partial charge on any atom is 0.251 e. The van der Waals surface area contributed by atoms with E-state index in [0.717, 1.165) is 18.4 Å². The van der Waals surface area contributed by atoms with E-state index in [1.54, 1.807) is 0 Å². The first kappa shape index (κ1) is 20.5. The highest BCUT2D eigenvalue weighted by Gasteiger charge is 2.34. The van der Waals surface area contributed by atoms with Crippen LogP contribution in [0.15, 0.2) is 60.7 Å². The van der Waals surface area contributed by atoms with Gasteiger partial charge in [0.05, 0.1) is 0 Å². The van der Waals surface area contributed by atoms with E-state index < -0.39 is 0 Å². The van der Waals surface area contributed by atoms with Gasteiger partial charge in [-0.1, -0.05) is 61.4 Å². The van der Waals surface area contributed by atoms with E-state index in [9.17, 15) is 4.79 Å². The van der Waals surface area contributed by atoms with Crippen molar-refractivity contribution in [3.05, 3.63) is 71.8 Å². The molecule has 0 aromatic heterocycles. The molecule has 3 nitrogen and oxygen atoms in total. The normalized spacial score (nSPS) is 20.9. The van der Waals surface area contributed by atoms with Crippen molar-refractivity contribution < 1.29 is 4.79 Å². The second kappa shape index (κ2) is 9.75. The summed E-state index contributed by atoms with van der Waals surface area (Å²) in [6.07, 6.45) is 4.63. The number of hydrogen-bond acceptors (Lipinski definition) is 2. The number of amides is 1. The number of carbonyl (C=O) groups excluding carboxylic acids is 1. The Hall–Kier alpha value is -1.84. The van der Waals surface area contributed by atoms with Crippen LogP contribution in [0, 0.1) is 5.92 Å². The van der Waals surface area contributed by atoms with Gasteiger partial charge >= 0.3 is 0 Å². The zero-order valence-electron chi connectivity index (χ0n) is 15.6. The van der Waals surface area contributed by atoms with Gasteiger partial charge in [0.15, 0.2) is 0 Å². The third kappa shape index (κ3) is 4.87. The van der Waals surface area contributed by atoms with Gasteiger partial charge in [-0.2, -0.15) is 0 Å². The summed E-state index contributed by atoms with van der Waals surface area (Å²) in [6.45, 7) is 0. The Morgan fingerprint density at radius 2 is 1.54 bits per heavy atom. The highest BCUT2D eigenvalue weighted by molar-refractivity contribution is 5.94. The van der Waals surface area contributed by atoms with Crippen LogP contribution in [-0.4, -0.2) is 30.9 Å². The maximum absolute atomic E-state index is 12.7. The molecule has 0 aliphatic heterocycles. The molecule has 3 unspecified atom stereocenters. The van der Waals surface area contributed by atoms with Crippen LogP contribution in [0.25, 0.3) is 0 Å². The number of nitrogens with zero attached hydrogens (tertiary/aromatic N) is 1. The van der Waals surface area contributed by atoms with Gasteiger partial charge in [-0.25, -0.2) is 0 Å². The summed E-state index contributed by atoms with van der Waals surface area (Å²) in [4.78, 5) is 15.0. The first-order chi connectivity index (χ1) is 12.2. The average molecular weight is 373 g/mol. The minimum Gasteiger partial charge on any atom is -0.349 e. The Labute approximate surface area is 163 Å². The molecule has 1 aliphatic carbocycles. The van der Waals surface area contributed by atoms with Gasteiger partial charge in [0.25, 0.3) is 5.91 Å². The van der Waals surface area contributed by atoms with Crippen molar-refractivity contribution in [3.63, 3.8) is 0 Å². The fourth-order valence-corrected chi connectivity index (χ4v) is 4.14. The Morgan fingerprint density at radius 1 is 0.962 bits per heavy atom. The summed E-state index contributed by atoms with van der Waals surface area (Å²) < 4.78 is 0. The van der Waals surface area contributed by atoms with Gasteiger partial charge in [-0.15, -0.1) is 12.4 Å². The molecule has 0 bridgehead atoms. The summed E-state index contributed by atoms with van der Waals surface area (Å²) in [5, 5.41) is 3.32. The molecule has 1 N–H and O–H groups in total. The molecule has 0 saturated heterocycles. The molecule has 3 rings (SSSR count). The lowest BCUT2D eigenvalue weighted by Crippen LogP contribution is -2.46. The lowest BCUT2D eigenvalue weighted by molar-refractivity contribution is 0.0845. The topological polar surface area (TPSA) is 32.3 Å². The van der Waals surface area contributed by atoms with Crippen molar-refractivity contribution in [2.24, 2.45) is 5.92 Å². The lowest BCUT2D eigenvalue weighted by atomic mass is 9.77. The van der Waals surface area contributed by atoms with Crippen LogP contribution in [0.4, 0.5) is 0 Å². The van der Waals surface area contributed by atoms with Crippen molar-refractivity contribution in [2.75, 3.05) is 14.1 Å². The van der Waals surface area contributed by atoms with Crippen LogP contribution in [-0.2, 0) is 0 Å². The molecule has 0 spiro atoms. The molecular weight excluding hydrogens is 344 g/mol. The van der Waals surface area contributed by atoms with E-state index in [1.165, 1.54) is 18.4 Å². The summed E-state index contributed by atoms with van der Waals surface area (Å²) in [6, 6.07) is 20.8. The number of nitrogens with one attached hydrogen (secondary N) is 1. The quantitative estimate of drug-likeness (QED) is 0.825. The van der Waals surface area contributed by atoms with E-state index in [1.807, 2.05) is 30.3 Å². The predicted molar refractivity (Wildman–Crippen MR) is 110 cm³/mol. The molecule has 26 heavy (non-hydrogen) atoms. The van der Waals surface area contributed by atoms with E-state index >= 15 is 0 Å². The van der Waals surface area contributed by atoms with Crippen LogP contribution in [0.2, 0.25) is 0 Å². The number of hydrogen-bond donors (Lipinski definition) is 1. The Bertz CT molecular complexity index is 675. The average Bonchev–Trinajstić information content (AvgIpc) is 2.64. The number of halogens is 1. The molecular formula is C22H29ClN2O. The predicted octanol–water partition coefficient (Wildman–Crippen LogP) is 4.70. The minimum absolute atomic E-state index is 0. The first-order valence-electron chi connectivity index (χ1n) is 9.24. The van der Waals surface area contributed by atoms with E-state index in [-0.39, 0.29) is 24.4 Å². The standard InChI is InChI=1S/C22H28N2O.ClH/c1-24(2)21(17-11-5-3-6-12-17)19-15-9-10-16-20(19)23-22(25)18-13-7-4-8-14-18;/h3-8,11-14,19-21H,9-10,15-16H2,1-2H3,(H,23,25);1H. The molecule has 2 aromatic rings. The van der Waals surface area contributed by atoms with Gasteiger partial charge in [-0.3, -0.25) is 4.79 Å². The van der Waals surface area contributed by atoms with Gasteiger partial charge in [-0.05, 0) is 50.6 Å². The van der Waals surface area contributed by atoms with Crippen molar-refractivity contribution in [1.82, 2.24) is 10.2 Å². The highest BCUT2D eigenvalue weighted by atomic mass is 35.5. The van der Waals surface area contributed by atoms with E-state index in [0.29, 0.717) is 12.0 Å². The smallest absolute Gasteiger partial charge is 0.251 e. The largest absolute Gasteiger partial charge is 0.349 e. The Morgan fingerprint density at radius 3 is 2.15 bits per heavy atom. The Balaban J connectivity index is 0.00000243. The third-order valence-corrected chi connectivity index (χ3v) is 5.27. The van der Waals surface area contributed by atoms with Crippen LogP contribution in [0.1, 0.15) is 47.6 Å². The van der Waals surface area contributed by atoms with Crippen molar-refractivity contribution in [1.29, 1.82) is 0 Å². The van der Waals surface area contributed by atoms with Crippen LogP contribution in [0.5, 0.6) is 0 Å². The zero-order chi connectivity index (χ0) is 17.6. The molecule has 0 heterocycles. The zero-order valence-corrected chi connectivity index (χ0v) is 16.4. The second-order valence-electron chi connectivity index (χ2n) is 7.21. The van der Waals surface area contributed by atoms with Crippen molar-refractivity contribution in [2.45, 2.75) is 37.8 Å². The van der Waals surface area contributed by atoms with E-state index in [2.05, 4.69) is 54.6 Å². The van der Waals surface area contributed by atoms with Crippen LogP contribution in [0.3, 0.4) is 0 Å². The number of benzene rings is 2. The van der Waals surface area contributed by atoms with Crippen LogP contribution >= 0.6 is 12.4 Å². The molecule has 1 fully saturated rings. The molecule has 0 radical (unpaired) electrons. The summed E-state index contributed by atoms with van der Waals surface area (Å²) in [5.41, 5.74) is 2.08. The summed E-state index contributed by atoms with van der Waals surface area (Å²) in [7, 11) is 4.28. The van der Waals surface area contributed by atoms with Crippen molar-refractivity contribution >= 4 is 18.3 Å². The van der Waals surface area contributed by atoms with Gasteiger partial charge in [0, 0.05) is 17.6 Å².